The molecule has 2 aromatic carbocycles. The number of likely N-dealkylation sites (N-methyl/N-ethyl adjacent to an activating group) is 1. The number of piperidine rings is 1. The van der Waals surface area contributed by atoms with Crippen molar-refractivity contribution in [1.82, 2.24) is 4.90 Å². The van der Waals surface area contributed by atoms with E-state index in [0.717, 1.165) is 11.4 Å². The summed E-state index contributed by atoms with van der Waals surface area (Å²) in [6, 6.07) is 18.3. The molecule has 7 nitrogen and oxygen atoms in total. The summed E-state index contributed by atoms with van der Waals surface area (Å²) in [5, 5.41) is 2.85. The Morgan fingerprint density at radius 2 is 1.57 bits per heavy atom. The number of nitrogens with one attached hydrogen (secondary N) is 1. The zero-order valence-electron chi connectivity index (χ0n) is 17.3. The van der Waals surface area contributed by atoms with Crippen LogP contribution in [0.2, 0.25) is 0 Å². The first-order valence-corrected chi connectivity index (χ1v) is 10.1. The number of likely N-dealkylation sites (tertiary alicyclic amines) is 1. The van der Waals surface area contributed by atoms with E-state index in [4.69, 9.17) is 4.74 Å². The molecule has 0 aromatic heterocycles. The maximum Gasteiger partial charge on any atom is 0.321 e. The molecule has 3 rings (SSSR count). The van der Waals surface area contributed by atoms with Crippen molar-refractivity contribution in [3.05, 3.63) is 60.7 Å². The van der Waals surface area contributed by atoms with Gasteiger partial charge in [0.15, 0.2) is 6.10 Å². The topological polar surface area (TPSA) is 79.0 Å². The Balaban J connectivity index is 1.46. The minimum absolute atomic E-state index is 0.180. The van der Waals surface area contributed by atoms with Crippen molar-refractivity contribution in [2.75, 3.05) is 30.4 Å². The van der Waals surface area contributed by atoms with Gasteiger partial charge < -0.3 is 19.9 Å². The maximum atomic E-state index is 12.6. The van der Waals surface area contributed by atoms with Crippen molar-refractivity contribution in [3.63, 3.8) is 0 Å². The summed E-state index contributed by atoms with van der Waals surface area (Å²) in [4.78, 5) is 40.6. The number of carbonyl (C=O) groups excluding carboxylic acids is 3. The van der Waals surface area contributed by atoms with E-state index in [-0.39, 0.29) is 23.8 Å². The van der Waals surface area contributed by atoms with Crippen LogP contribution in [0.15, 0.2) is 60.7 Å². The third kappa shape index (κ3) is 5.37. The van der Waals surface area contributed by atoms with Gasteiger partial charge in [0, 0.05) is 31.5 Å². The van der Waals surface area contributed by atoms with E-state index in [2.05, 4.69) is 5.32 Å². The van der Waals surface area contributed by atoms with Gasteiger partial charge in [0.25, 0.3) is 5.91 Å². The van der Waals surface area contributed by atoms with Crippen molar-refractivity contribution >= 4 is 29.3 Å². The molecule has 3 amide bonds. The fourth-order valence-corrected chi connectivity index (χ4v) is 3.41. The number of nitrogens with zero attached hydrogens (tertiary/aromatic N) is 2. The summed E-state index contributed by atoms with van der Waals surface area (Å²) in [5.74, 6) is -0.988. The number of urea groups is 1. The first-order valence-electron chi connectivity index (χ1n) is 10.1. The van der Waals surface area contributed by atoms with Gasteiger partial charge in [-0.25, -0.2) is 4.79 Å². The third-order valence-electron chi connectivity index (χ3n) is 5.26. The van der Waals surface area contributed by atoms with Crippen molar-refractivity contribution in [2.45, 2.75) is 25.9 Å². The molecule has 2 aromatic rings. The highest BCUT2D eigenvalue weighted by atomic mass is 16.5. The van der Waals surface area contributed by atoms with E-state index in [1.165, 1.54) is 4.90 Å². The standard InChI is InChI=1S/C23H27N3O4/c1-17(21(27)25(2)20-11-7-4-8-12-20)30-22(28)18-13-15-26(16-14-18)23(29)24-19-9-5-3-6-10-19/h3-12,17-18H,13-16H2,1-2H3,(H,24,29)/t17-/m0/s1. The molecule has 0 saturated carbocycles. The highest BCUT2D eigenvalue weighted by Gasteiger charge is 2.31. The molecule has 30 heavy (non-hydrogen) atoms. The Labute approximate surface area is 176 Å². The van der Waals surface area contributed by atoms with Crippen molar-refractivity contribution in [2.24, 2.45) is 5.92 Å². The number of esters is 1. The predicted molar refractivity (Wildman–Crippen MR) is 115 cm³/mol. The molecular formula is C23H27N3O4. The molecule has 0 spiro atoms. The van der Waals surface area contributed by atoms with Crippen LogP contribution in [0, 0.1) is 5.92 Å². The van der Waals surface area contributed by atoms with E-state index < -0.39 is 6.10 Å². The number of hydrogen-bond donors (Lipinski definition) is 1. The summed E-state index contributed by atoms with van der Waals surface area (Å²) in [5.41, 5.74) is 1.47. The lowest BCUT2D eigenvalue weighted by Gasteiger charge is -2.31. The monoisotopic (exact) mass is 409 g/mol. The second-order valence-corrected chi connectivity index (χ2v) is 7.37. The van der Waals surface area contributed by atoms with Crippen LogP contribution in [-0.4, -0.2) is 49.0 Å². The van der Waals surface area contributed by atoms with Crippen LogP contribution in [0.1, 0.15) is 19.8 Å². The van der Waals surface area contributed by atoms with Crippen LogP contribution >= 0.6 is 0 Å². The fourth-order valence-electron chi connectivity index (χ4n) is 3.41. The SMILES string of the molecule is C[C@H](OC(=O)C1CCN(C(=O)Nc2ccccc2)CC1)C(=O)N(C)c1ccccc1. The van der Waals surface area contributed by atoms with E-state index in [1.807, 2.05) is 60.7 Å². The molecule has 1 aliphatic heterocycles. The Morgan fingerprint density at radius 3 is 2.17 bits per heavy atom. The summed E-state index contributed by atoms with van der Waals surface area (Å²) in [6.07, 6.45) is 0.148. The molecule has 1 aliphatic rings. The number of amides is 3. The first kappa shape index (κ1) is 21.4. The number of hydrogen-bond acceptors (Lipinski definition) is 4. The van der Waals surface area contributed by atoms with Gasteiger partial charge in [-0.15, -0.1) is 0 Å². The van der Waals surface area contributed by atoms with Crippen molar-refractivity contribution in [1.29, 1.82) is 0 Å². The van der Waals surface area contributed by atoms with Gasteiger partial charge >= 0.3 is 12.0 Å². The molecule has 0 bridgehead atoms. The van der Waals surface area contributed by atoms with Crippen molar-refractivity contribution in [3.8, 4) is 0 Å². The van der Waals surface area contributed by atoms with Gasteiger partial charge in [0.2, 0.25) is 0 Å². The number of rotatable bonds is 5. The molecule has 158 valence electrons. The van der Waals surface area contributed by atoms with Gasteiger partial charge in [-0.05, 0) is 44.0 Å². The van der Waals surface area contributed by atoms with Crippen molar-refractivity contribution < 1.29 is 19.1 Å². The zero-order chi connectivity index (χ0) is 21.5. The summed E-state index contributed by atoms with van der Waals surface area (Å²) < 4.78 is 5.44. The van der Waals surface area contributed by atoms with Gasteiger partial charge in [0.1, 0.15) is 0 Å². The number of para-hydroxylation sites is 2. The lowest BCUT2D eigenvalue weighted by molar-refractivity contribution is -0.159. The molecule has 1 atom stereocenters. The number of carbonyl (C=O) groups is 3. The Morgan fingerprint density at radius 1 is 1.00 bits per heavy atom. The van der Waals surface area contributed by atoms with Crippen LogP contribution < -0.4 is 10.2 Å². The predicted octanol–water partition coefficient (Wildman–Crippen LogP) is 3.53. The lowest BCUT2D eigenvalue weighted by atomic mass is 9.97. The molecule has 0 radical (unpaired) electrons. The average molecular weight is 409 g/mol. The normalized spacial score (nSPS) is 15.2. The summed E-state index contributed by atoms with van der Waals surface area (Å²) >= 11 is 0. The van der Waals surface area contributed by atoms with E-state index in [9.17, 15) is 14.4 Å². The van der Waals surface area contributed by atoms with Gasteiger partial charge in [-0.2, -0.15) is 0 Å². The zero-order valence-corrected chi connectivity index (χ0v) is 17.3. The number of ether oxygens (including phenoxy) is 1. The maximum absolute atomic E-state index is 12.6. The van der Waals surface area contributed by atoms with Crippen LogP contribution in [0.3, 0.4) is 0 Å². The number of anilines is 2. The van der Waals surface area contributed by atoms with Crippen LogP contribution in [0.5, 0.6) is 0 Å². The lowest BCUT2D eigenvalue weighted by Crippen LogP contribution is -2.44. The van der Waals surface area contributed by atoms with E-state index >= 15 is 0 Å². The van der Waals surface area contributed by atoms with Crippen LogP contribution in [-0.2, 0) is 14.3 Å². The molecule has 0 unspecified atom stereocenters. The van der Waals surface area contributed by atoms with Crippen LogP contribution in [0.4, 0.5) is 16.2 Å². The smallest absolute Gasteiger partial charge is 0.321 e. The average Bonchev–Trinajstić information content (AvgIpc) is 2.79. The Kier molecular flexibility index (Phi) is 7.06. The Bertz CT molecular complexity index is 865. The quantitative estimate of drug-likeness (QED) is 0.767. The highest BCUT2D eigenvalue weighted by molar-refractivity contribution is 5.97. The minimum atomic E-state index is -0.873. The largest absolute Gasteiger partial charge is 0.452 e. The molecule has 1 fully saturated rings. The molecule has 7 heteroatoms. The number of benzene rings is 2. The second-order valence-electron chi connectivity index (χ2n) is 7.37. The fraction of sp³-hybridized carbons (Fsp3) is 0.348. The molecule has 1 heterocycles. The Hall–Kier alpha value is -3.35. The van der Waals surface area contributed by atoms with E-state index in [0.29, 0.717) is 25.9 Å². The molecular weight excluding hydrogens is 382 g/mol. The summed E-state index contributed by atoms with van der Waals surface area (Å²) in [6.45, 7) is 2.51. The second kappa shape index (κ2) is 9.91. The summed E-state index contributed by atoms with van der Waals surface area (Å²) in [7, 11) is 1.66. The van der Waals surface area contributed by atoms with Gasteiger partial charge in [-0.3, -0.25) is 9.59 Å². The minimum Gasteiger partial charge on any atom is -0.452 e. The van der Waals surface area contributed by atoms with Crippen LogP contribution in [0.25, 0.3) is 0 Å². The molecule has 0 aliphatic carbocycles. The molecule has 1 N–H and O–H groups in total. The molecule has 1 saturated heterocycles. The van der Waals surface area contributed by atoms with E-state index in [1.54, 1.807) is 18.9 Å². The highest BCUT2D eigenvalue weighted by Crippen LogP contribution is 2.21. The third-order valence-corrected chi connectivity index (χ3v) is 5.26. The van der Waals surface area contributed by atoms with Gasteiger partial charge in [0.05, 0.1) is 5.92 Å². The van der Waals surface area contributed by atoms with Gasteiger partial charge in [-0.1, -0.05) is 36.4 Å². The first-order chi connectivity index (χ1) is 14.5.